The second-order valence-electron chi connectivity index (χ2n) is 4.53. The normalized spacial score (nSPS) is 17.5. The number of rotatable bonds is 6. The molecular weight excluding hydrogens is 244 g/mol. The summed E-state index contributed by atoms with van der Waals surface area (Å²) >= 11 is 1.91. The molecule has 1 aliphatic heterocycles. The van der Waals surface area contributed by atoms with Crippen LogP contribution in [0.3, 0.4) is 0 Å². The summed E-state index contributed by atoms with van der Waals surface area (Å²) in [5.74, 6) is 1.74. The molecule has 1 aromatic rings. The van der Waals surface area contributed by atoms with Crippen molar-refractivity contribution in [1.29, 1.82) is 0 Å². The monoisotopic (exact) mass is 264 g/mol. The Hall–Kier alpha value is -1.00. The Morgan fingerprint density at radius 2 is 2.28 bits per heavy atom. The molecule has 1 atom stereocenters. The third-order valence-corrected chi connectivity index (χ3v) is 4.30. The molecule has 0 saturated carbocycles. The summed E-state index contributed by atoms with van der Waals surface area (Å²) in [5, 5.41) is 6.12. The molecule has 0 saturated heterocycles. The van der Waals surface area contributed by atoms with Crippen LogP contribution in [0.2, 0.25) is 0 Å². The van der Waals surface area contributed by atoms with Gasteiger partial charge in [-0.3, -0.25) is 4.79 Å². The molecule has 2 rings (SSSR count). The number of benzene rings is 1. The molecule has 98 valence electrons. The van der Waals surface area contributed by atoms with Crippen LogP contribution in [-0.4, -0.2) is 31.3 Å². The van der Waals surface area contributed by atoms with Crippen molar-refractivity contribution < 1.29 is 4.79 Å². The maximum Gasteiger partial charge on any atom is 0.233 e. The minimum absolute atomic E-state index is 0.0933. The number of carbonyl (C=O) groups excluding carboxylic acids is 1. The predicted molar refractivity (Wildman–Crippen MR) is 76.1 cm³/mol. The van der Waals surface area contributed by atoms with E-state index in [9.17, 15) is 4.79 Å². The van der Waals surface area contributed by atoms with Gasteiger partial charge in [-0.2, -0.15) is 0 Å². The Kier molecular flexibility index (Phi) is 5.08. The van der Waals surface area contributed by atoms with Crippen molar-refractivity contribution in [3.8, 4) is 0 Å². The Morgan fingerprint density at radius 1 is 1.44 bits per heavy atom. The quantitative estimate of drug-likeness (QED) is 0.825. The first-order valence-electron chi connectivity index (χ1n) is 6.50. The van der Waals surface area contributed by atoms with Crippen molar-refractivity contribution in [2.24, 2.45) is 0 Å². The topological polar surface area (TPSA) is 41.1 Å². The SMILES string of the molecule is CCCNC(=O)CNCC1CSc2ccccc21. The molecule has 0 radical (unpaired) electrons. The van der Waals surface area contributed by atoms with E-state index in [1.807, 2.05) is 11.8 Å². The van der Waals surface area contributed by atoms with Crippen molar-refractivity contribution in [2.45, 2.75) is 24.2 Å². The van der Waals surface area contributed by atoms with E-state index in [0.717, 1.165) is 25.3 Å². The molecular formula is C14H20N2OS. The summed E-state index contributed by atoms with van der Waals surface area (Å²) in [7, 11) is 0. The number of hydrogen-bond acceptors (Lipinski definition) is 3. The molecule has 1 aromatic carbocycles. The highest BCUT2D eigenvalue weighted by Gasteiger charge is 2.22. The van der Waals surface area contributed by atoms with Crippen molar-refractivity contribution in [1.82, 2.24) is 10.6 Å². The Labute approximate surface area is 113 Å². The van der Waals surface area contributed by atoms with E-state index in [4.69, 9.17) is 0 Å². The molecule has 1 amide bonds. The van der Waals surface area contributed by atoms with Gasteiger partial charge >= 0.3 is 0 Å². The highest BCUT2D eigenvalue weighted by molar-refractivity contribution is 7.99. The van der Waals surface area contributed by atoms with E-state index in [1.165, 1.54) is 10.5 Å². The second-order valence-corrected chi connectivity index (χ2v) is 5.59. The van der Waals surface area contributed by atoms with E-state index in [1.54, 1.807) is 0 Å². The minimum Gasteiger partial charge on any atom is -0.355 e. The first-order valence-corrected chi connectivity index (χ1v) is 7.49. The standard InChI is InChI=1S/C14H20N2OS/c1-2-7-16-14(17)9-15-8-11-10-18-13-6-4-3-5-12(11)13/h3-6,11,15H,2,7-10H2,1H3,(H,16,17). The molecule has 4 heteroatoms. The van der Waals surface area contributed by atoms with Crippen LogP contribution in [0.15, 0.2) is 29.2 Å². The average Bonchev–Trinajstić information content (AvgIpc) is 2.80. The molecule has 1 aliphatic rings. The molecule has 1 unspecified atom stereocenters. The molecule has 0 fully saturated rings. The lowest BCUT2D eigenvalue weighted by Crippen LogP contribution is -2.36. The predicted octanol–water partition coefficient (Wildman–Crippen LogP) is 1.99. The van der Waals surface area contributed by atoms with Crippen molar-refractivity contribution >= 4 is 17.7 Å². The van der Waals surface area contributed by atoms with Gasteiger partial charge in [-0.15, -0.1) is 11.8 Å². The number of amides is 1. The summed E-state index contributed by atoms with van der Waals surface area (Å²) < 4.78 is 0. The van der Waals surface area contributed by atoms with Gasteiger partial charge in [0.25, 0.3) is 0 Å². The van der Waals surface area contributed by atoms with E-state index in [0.29, 0.717) is 12.5 Å². The molecule has 3 nitrogen and oxygen atoms in total. The third kappa shape index (κ3) is 3.50. The first kappa shape index (κ1) is 13.4. The number of carbonyl (C=O) groups is 1. The van der Waals surface area contributed by atoms with E-state index < -0.39 is 0 Å². The average molecular weight is 264 g/mol. The van der Waals surface area contributed by atoms with Crippen LogP contribution in [-0.2, 0) is 4.79 Å². The fourth-order valence-corrected chi connectivity index (χ4v) is 3.34. The lowest BCUT2D eigenvalue weighted by Gasteiger charge is -2.11. The van der Waals surface area contributed by atoms with Crippen LogP contribution in [0.5, 0.6) is 0 Å². The van der Waals surface area contributed by atoms with Gasteiger partial charge in [0.1, 0.15) is 0 Å². The number of thioether (sulfide) groups is 1. The minimum atomic E-state index is 0.0933. The fraction of sp³-hybridized carbons (Fsp3) is 0.500. The van der Waals surface area contributed by atoms with E-state index in [2.05, 4.69) is 41.8 Å². The lowest BCUT2D eigenvalue weighted by atomic mass is 10.0. The van der Waals surface area contributed by atoms with Crippen molar-refractivity contribution in [2.75, 3.05) is 25.4 Å². The Balaban J connectivity index is 1.74. The molecule has 18 heavy (non-hydrogen) atoms. The molecule has 0 spiro atoms. The van der Waals surface area contributed by atoms with Gasteiger partial charge in [0.15, 0.2) is 0 Å². The maximum absolute atomic E-state index is 11.4. The zero-order chi connectivity index (χ0) is 12.8. The van der Waals surface area contributed by atoms with Crippen LogP contribution < -0.4 is 10.6 Å². The first-order chi connectivity index (χ1) is 8.81. The maximum atomic E-state index is 11.4. The van der Waals surface area contributed by atoms with Gasteiger partial charge in [-0.05, 0) is 18.1 Å². The molecule has 1 heterocycles. The third-order valence-electron chi connectivity index (χ3n) is 3.05. The highest BCUT2D eigenvalue weighted by atomic mass is 32.2. The summed E-state index contributed by atoms with van der Waals surface area (Å²) in [6, 6.07) is 8.54. The van der Waals surface area contributed by atoms with Crippen LogP contribution >= 0.6 is 11.8 Å². The smallest absolute Gasteiger partial charge is 0.233 e. The van der Waals surface area contributed by atoms with Crippen LogP contribution in [0.1, 0.15) is 24.8 Å². The highest BCUT2D eigenvalue weighted by Crippen LogP contribution is 2.38. The van der Waals surface area contributed by atoms with Crippen molar-refractivity contribution in [3.63, 3.8) is 0 Å². The molecule has 2 N–H and O–H groups in total. The summed E-state index contributed by atoms with van der Waals surface area (Å²) in [6.45, 7) is 4.12. The van der Waals surface area contributed by atoms with Gasteiger partial charge in [0.05, 0.1) is 6.54 Å². The van der Waals surface area contributed by atoms with Crippen LogP contribution in [0.25, 0.3) is 0 Å². The van der Waals surface area contributed by atoms with Gasteiger partial charge in [-0.25, -0.2) is 0 Å². The number of hydrogen-bond donors (Lipinski definition) is 2. The molecule has 0 aliphatic carbocycles. The van der Waals surface area contributed by atoms with Gasteiger partial charge in [0, 0.05) is 29.7 Å². The number of fused-ring (bicyclic) bond motifs is 1. The Morgan fingerprint density at radius 3 is 3.11 bits per heavy atom. The van der Waals surface area contributed by atoms with E-state index in [-0.39, 0.29) is 5.91 Å². The fourth-order valence-electron chi connectivity index (χ4n) is 2.09. The zero-order valence-electron chi connectivity index (χ0n) is 10.7. The van der Waals surface area contributed by atoms with Gasteiger partial charge in [-0.1, -0.05) is 25.1 Å². The number of nitrogens with one attached hydrogen (secondary N) is 2. The van der Waals surface area contributed by atoms with Gasteiger partial charge < -0.3 is 10.6 Å². The summed E-state index contributed by atoms with van der Waals surface area (Å²) in [4.78, 5) is 12.8. The molecule has 0 aromatic heterocycles. The lowest BCUT2D eigenvalue weighted by molar-refractivity contribution is -0.120. The van der Waals surface area contributed by atoms with E-state index >= 15 is 0 Å². The molecule has 0 bridgehead atoms. The summed E-state index contributed by atoms with van der Waals surface area (Å²) in [6.07, 6.45) is 0.985. The largest absolute Gasteiger partial charge is 0.355 e. The summed E-state index contributed by atoms with van der Waals surface area (Å²) in [5.41, 5.74) is 1.42. The van der Waals surface area contributed by atoms with Crippen molar-refractivity contribution in [3.05, 3.63) is 29.8 Å². The van der Waals surface area contributed by atoms with Crippen LogP contribution in [0.4, 0.5) is 0 Å². The zero-order valence-corrected chi connectivity index (χ0v) is 11.6. The van der Waals surface area contributed by atoms with Crippen LogP contribution in [0, 0.1) is 0 Å². The Bertz CT molecular complexity index is 409. The van der Waals surface area contributed by atoms with Gasteiger partial charge in [0.2, 0.25) is 5.91 Å². The second kappa shape index (κ2) is 6.81.